The Hall–Kier alpha value is -13.3. The fourth-order valence-corrected chi connectivity index (χ4v) is 18.5. The van der Waals surface area contributed by atoms with E-state index in [1.54, 1.807) is 91.1 Å². The summed E-state index contributed by atoms with van der Waals surface area (Å²) in [7, 11) is -3.77. The van der Waals surface area contributed by atoms with Gasteiger partial charge in [0.15, 0.2) is 23.3 Å². The van der Waals surface area contributed by atoms with Gasteiger partial charge in [-0.1, -0.05) is 24.3 Å². The van der Waals surface area contributed by atoms with Gasteiger partial charge >= 0.3 is 0 Å². The zero-order chi connectivity index (χ0) is 97.2. The van der Waals surface area contributed by atoms with E-state index in [-0.39, 0.29) is 96.4 Å². The van der Waals surface area contributed by atoms with Gasteiger partial charge in [0, 0.05) is 75.8 Å². The Labute approximate surface area is 780 Å². The zero-order valence-corrected chi connectivity index (χ0v) is 79.0. The van der Waals surface area contributed by atoms with Crippen molar-refractivity contribution in [3.05, 3.63) is 192 Å². The number of nitrogens with zero attached hydrogens (tertiary/aromatic N) is 20. The molecule has 8 atom stereocenters. The molecule has 12 heterocycles. The summed E-state index contributed by atoms with van der Waals surface area (Å²) in [6.45, 7) is 10.0. The highest BCUT2D eigenvalue weighted by atomic mass is 32.2. The van der Waals surface area contributed by atoms with Crippen LogP contribution < -0.4 is 56.8 Å². The lowest BCUT2D eigenvalue weighted by atomic mass is 10.1. The molecule has 12 aromatic rings. The molecule has 4 fully saturated rings. The molecule has 4 saturated heterocycles. The van der Waals surface area contributed by atoms with Crippen LogP contribution in [0.15, 0.2) is 122 Å². The first-order valence-corrected chi connectivity index (χ1v) is 48.4. The van der Waals surface area contributed by atoms with E-state index in [2.05, 4.69) is 99.5 Å². The highest BCUT2D eigenvalue weighted by molar-refractivity contribution is 7.94. The minimum Gasteiger partial charge on any atom is -0.494 e. The maximum atomic E-state index is 13.2. The summed E-state index contributed by atoms with van der Waals surface area (Å²) >= 11 is 0. The number of sulfonamides is 4. The van der Waals surface area contributed by atoms with E-state index in [1.807, 2.05) is 0 Å². The number of nitrogens with one attached hydrogen (secondary N) is 4. The summed E-state index contributed by atoms with van der Waals surface area (Å²) < 4.78 is 241. The molecular weight excluding hydrogens is 1870 g/mol. The fourth-order valence-electron chi connectivity index (χ4n) is 14.7. The van der Waals surface area contributed by atoms with Crippen molar-refractivity contribution in [3.8, 4) is 68.7 Å². The number of methoxy groups -OCH3 is 8. The van der Waals surface area contributed by atoms with Crippen molar-refractivity contribution < 1.29 is 108 Å². The fraction of sp³-hybridized carbons (Fsp3) is 0.429. The molecule has 0 unspecified atom stereocenters. The molecule has 4 aliphatic rings. The van der Waals surface area contributed by atoms with Gasteiger partial charge in [-0.3, -0.25) is 37.2 Å². The van der Waals surface area contributed by atoms with Gasteiger partial charge in [0.25, 0.3) is 0 Å². The van der Waals surface area contributed by atoms with Gasteiger partial charge in [0.05, 0.1) is 154 Å². The molecule has 8 aromatic heterocycles. The number of halogens is 4. The molecule has 4 aromatic carbocycles. The van der Waals surface area contributed by atoms with Gasteiger partial charge in [-0.15, -0.1) is 40.8 Å². The third-order valence-electron chi connectivity index (χ3n) is 22.1. The van der Waals surface area contributed by atoms with Crippen molar-refractivity contribution in [1.82, 2.24) is 98.9 Å². The number of anilines is 4. The van der Waals surface area contributed by atoms with Crippen molar-refractivity contribution in [3.63, 3.8) is 0 Å². The van der Waals surface area contributed by atoms with Crippen LogP contribution >= 0.6 is 0 Å². The third kappa shape index (κ3) is 23.6. The molecule has 0 spiro atoms. The second-order valence-electron chi connectivity index (χ2n) is 31.1. The molecular formula is C84H100F4N24O20S4. The summed E-state index contributed by atoms with van der Waals surface area (Å²) in [6, 6.07) is 20.9. The maximum absolute atomic E-state index is 13.2. The highest BCUT2D eigenvalue weighted by Crippen LogP contribution is 2.44. The Morgan fingerprint density at radius 3 is 0.618 bits per heavy atom. The normalized spacial score (nSPS) is 16.9. The molecule has 0 aliphatic carbocycles. The molecule has 0 saturated carbocycles. The van der Waals surface area contributed by atoms with Crippen molar-refractivity contribution in [2.75, 3.05) is 129 Å². The van der Waals surface area contributed by atoms with Crippen LogP contribution in [-0.2, 0) is 84.7 Å². The molecule has 0 amide bonds. The van der Waals surface area contributed by atoms with E-state index in [0.29, 0.717) is 171 Å². The van der Waals surface area contributed by atoms with E-state index in [1.165, 1.54) is 84.6 Å². The van der Waals surface area contributed by atoms with Gasteiger partial charge in [0.1, 0.15) is 115 Å². The lowest BCUT2D eigenvalue weighted by molar-refractivity contribution is 0.193. The highest BCUT2D eigenvalue weighted by Gasteiger charge is 2.39. The maximum Gasteiger partial charge on any atom is 0.243 e. The molecule has 52 heteroatoms. The van der Waals surface area contributed by atoms with Crippen LogP contribution in [0.1, 0.15) is 124 Å². The third-order valence-corrected chi connectivity index (χ3v) is 28.8. The van der Waals surface area contributed by atoms with Crippen LogP contribution in [0.5, 0.6) is 46.0 Å². The number of rotatable bonds is 36. The van der Waals surface area contributed by atoms with Crippen LogP contribution in [0.2, 0.25) is 0 Å². The van der Waals surface area contributed by atoms with Gasteiger partial charge in [-0.2, -0.15) is 0 Å². The number of aromatic nitrogens is 20. The summed E-state index contributed by atoms with van der Waals surface area (Å²) in [6.07, 6.45) is 10.7. The minimum atomic E-state index is -3.96. The number of hydrogen-bond acceptors (Lipinski definition) is 36. The standard InChI is InChI=1S/4C21H25FN6O5S/c4*1-13(9-18-23-10-15(22)11-24-18)34(29,30)27-21-26-25-20(14-7-8-33-12-14)28(21)19-16(31-2)5-4-6-17(19)32-3/h4*4-6,10-11,13-14H,7-9,12H2,1-3H3,(H,26,27)/t2*13-,14+;2*13-,14-/m1010/s1. The smallest absolute Gasteiger partial charge is 0.243 e. The summed E-state index contributed by atoms with van der Waals surface area (Å²) in [5.74, 6) is 3.69. The van der Waals surface area contributed by atoms with Crippen molar-refractivity contribution in [2.45, 2.75) is 124 Å². The Bertz CT molecular complexity index is 5670. The molecule has 728 valence electrons. The number of hydrogen-bond donors (Lipinski definition) is 4. The Morgan fingerprint density at radius 1 is 0.301 bits per heavy atom. The molecule has 4 aliphatic heterocycles. The minimum absolute atomic E-state index is 0.0171. The summed E-state index contributed by atoms with van der Waals surface area (Å²) in [5.41, 5.74) is 1.86. The van der Waals surface area contributed by atoms with Crippen LogP contribution in [0.25, 0.3) is 22.7 Å². The average Bonchev–Trinajstić information content (AvgIpc) is 1.62. The van der Waals surface area contributed by atoms with Crippen LogP contribution in [-0.4, -0.2) is 263 Å². The lowest BCUT2D eigenvalue weighted by Crippen LogP contribution is -2.29. The van der Waals surface area contributed by atoms with Gasteiger partial charge in [-0.05, 0) is 102 Å². The second kappa shape index (κ2) is 44.9. The van der Waals surface area contributed by atoms with E-state index >= 15 is 0 Å². The van der Waals surface area contributed by atoms with Crippen molar-refractivity contribution >= 4 is 63.9 Å². The Balaban J connectivity index is 0.000000153. The van der Waals surface area contributed by atoms with Crippen LogP contribution in [0, 0.1) is 23.3 Å². The van der Waals surface area contributed by atoms with Crippen LogP contribution in [0.4, 0.5) is 41.4 Å². The summed E-state index contributed by atoms with van der Waals surface area (Å²) in [4.78, 5) is 30.8. The molecule has 136 heavy (non-hydrogen) atoms. The molecule has 16 rings (SSSR count). The molecule has 44 nitrogen and oxygen atoms in total. The van der Waals surface area contributed by atoms with Crippen molar-refractivity contribution in [2.24, 2.45) is 0 Å². The quantitative estimate of drug-likeness (QED) is 0.0268. The molecule has 0 radical (unpaired) electrons. The monoisotopic (exact) mass is 1970 g/mol. The van der Waals surface area contributed by atoms with E-state index in [0.717, 1.165) is 49.6 Å². The second-order valence-corrected chi connectivity index (χ2v) is 39.5. The first-order valence-electron chi connectivity index (χ1n) is 42.2. The first kappa shape index (κ1) is 100. The summed E-state index contributed by atoms with van der Waals surface area (Å²) in [5, 5.41) is 30.0. The van der Waals surface area contributed by atoms with Gasteiger partial charge < -0.3 is 56.8 Å². The van der Waals surface area contributed by atoms with Gasteiger partial charge in [-0.25, -0.2) is 91.1 Å². The Morgan fingerprint density at radius 2 is 0.471 bits per heavy atom. The predicted octanol–water partition coefficient (Wildman–Crippen LogP) is 8.36. The number of para-hydroxylation sites is 4. The first-order chi connectivity index (χ1) is 65.3. The lowest BCUT2D eigenvalue weighted by Gasteiger charge is -2.20. The Kier molecular flexibility index (Phi) is 33.1. The van der Waals surface area contributed by atoms with Crippen LogP contribution in [0.3, 0.4) is 0 Å². The van der Waals surface area contributed by atoms with Crippen molar-refractivity contribution in [1.29, 1.82) is 0 Å². The topological polar surface area (TPSA) is 521 Å². The number of ether oxygens (including phenoxy) is 12. The molecule has 0 bridgehead atoms. The largest absolute Gasteiger partial charge is 0.494 e. The predicted molar refractivity (Wildman–Crippen MR) is 481 cm³/mol. The number of benzene rings is 4. The molecule has 4 N–H and O–H groups in total. The SMILES string of the molecule is COc1cccc(OC)c1-n1c(NS(=O)(=O)[C@@H](C)Cc2ncc(F)cn2)nnc1[C@@H]1CCOC1.COc1cccc(OC)c1-n1c(NS(=O)(=O)[C@@H](C)Cc2ncc(F)cn2)nnc1[C@H]1CCOC1.COc1cccc(OC)c1-n1c(NS(=O)(=O)[C@H](C)Cc2ncc(F)cn2)nnc1[C@@H]1CCOC1.COc1cccc(OC)c1-n1c(NS(=O)(=O)[C@H](C)Cc2ncc(F)cn2)nnc1[C@H]1CCOC1. The van der Waals surface area contributed by atoms with E-state index < -0.39 is 84.4 Å². The van der Waals surface area contributed by atoms with Gasteiger partial charge in [0.2, 0.25) is 63.9 Å². The van der Waals surface area contributed by atoms with E-state index in [9.17, 15) is 51.2 Å². The average molecular weight is 1970 g/mol. The van der Waals surface area contributed by atoms with E-state index in [4.69, 9.17) is 56.8 Å². The zero-order valence-electron chi connectivity index (χ0n) is 75.7.